The van der Waals surface area contributed by atoms with Gasteiger partial charge in [0, 0.05) is 0 Å². The van der Waals surface area contributed by atoms with E-state index in [-0.39, 0.29) is 41.1 Å². The Morgan fingerprint density at radius 1 is 0.812 bits per heavy atom. The van der Waals surface area contributed by atoms with Crippen LogP contribution in [-0.2, 0) is 34.2 Å². The third kappa shape index (κ3) is 9.38. The van der Waals surface area contributed by atoms with Gasteiger partial charge >= 0.3 is 41.9 Å². The summed E-state index contributed by atoms with van der Waals surface area (Å²) in [5, 5.41) is 5.49. The Kier molecular flexibility index (Phi) is 13.2. The molecular weight excluding hydrogens is 527 g/mol. The number of halogens is 2. The molecule has 0 fully saturated rings. The number of benzene rings is 2. The van der Waals surface area contributed by atoms with E-state index in [9.17, 15) is 0 Å². The SMILES string of the molecule is CC(C)(C)c1ccc2[cH-]c3ccc(C(C)(C)C)cc3c2c1.C[Si](C)=[Zr+2].[C-]1=CC=CC1.[Cl-].[Cl-]. The molecular formula is C28H36Cl2SiZr-2. The molecule has 3 aromatic carbocycles. The molecule has 3 aromatic rings. The van der Waals surface area contributed by atoms with Gasteiger partial charge in [-0.05, 0) is 10.8 Å². The summed E-state index contributed by atoms with van der Waals surface area (Å²) < 4.78 is 0. The molecule has 0 aromatic heterocycles. The average Bonchev–Trinajstić information content (AvgIpc) is 3.30. The molecule has 4 rings (SSSR count). The molecule has 172 valence electrons. The molecule has 0 N–H and O–H groups in total. The summed E-state index contributed by atoms with van der Waals surface area (Å²) in [5.41, 5.74) is 3.41. The smallest absolute Gasteiger partial charge is 0.109 e. The van der Waals surface area contributed by atoms with Gasteiger partial charge in [-0.15, -0.1) is 46.2 Å². The summed E-state index contributed by atoms with van der Waals surface area (Å²) in [6.45, 7) is 18.3. The summed E-state index contributed by atoms with van der Waals surface area (Å²) >= 11 is 1.74. The molecule has 0 atom stereocenters. The van der Waals surface area contributed by atoms with Gasteiger partial charge in [0.2, 0.25) is 0 Å². The van der Waals surface area contributed by atoms with E-state index in [1.54, 1.807) is 23.3 Å². The molecule has 4 heteroatoms. The number of rotatable bonds is 0. The Labute approximate surface area is 223 Å². The molecule has 0 aliphatic heterocycles. The normalized spacial score (nSPS) is 12.3. The van der Waals surface area contributed by atoms with Gasteiger partial charge in [0.1, 0.15) is 0 Å². The topological polar surface area (TPSA) is 0 Å². The fraction of sp³-hybridized carbons (Fsp3) is 0.393. The van der Waals surface area contributed by atoms with Crippen molar-refractivity contribution in [1.29, 1.82) is 0 Å². The van der Waals surface area contributed by atoms with E-state index in [2.05, 4.69) is 109 Å². The summed E-state index contributed by atoms with van der Waals surface area (Å²) in [6.07, 6.45) is 10.0. The molecule has 0 saturated carbocycles. The van der Waals surface area contributed by atoms with Crippen molar-refractivity contribution in [3.05, 3.63) is 77.9 Å². The largest absolute Gasteiger partial charge is 1.00 e. The van der Waals surface area contributed by atoms with Crippen LogP contribution in [0.15, 0.2) is 60.7 Å². The molecule has 0 unspecified atom stereocenters. The van der Waals surface area contributed by atoms with Gasteiger partial charge in [0.25, 0.3) is 0 Å². The standard InChI is InChI=1S/C21H25.C5H5.C2H6Si.2ClH.Zr/c1-20(2,3)16-9-7-14-11-15-8-10-17(21(4,5)6)13-19(15)18(14)12-16;1-2-4-5-3-1;1-3-2;;;/h7-13H,1-6H3;1-3H,4H2;1-2H3;2*1H;/q2*-1;;;;+2/p-2. The van der Waals surface area contributed by atoms with Crippen molar-refractivity contribution >= 4 is 27.0 Å². The van der Waals surface area contributed by atoms with E-state index in [4.69, 9.17) is 0 Å². The molecule has 0 heterocycles. The monoisotopic (exact) mass is 560 g/mol. The maximum absolute atomic E-state index is 2.99. The Hall–Kier alpha value is -0.530. The van der Waals surface area contributed by atoms with Crippen LogP contribution < -0.4 is 24.8 Å². The zero-order valence-corrected chi connectivity index (χ0v) is 25.7. The van der Waals surface area contributed by atoms with Crippen LogP contribution in [0.25, 0.3) is 21.5 Å². The molecule has 1 aliphatic rings. The van der Waals surface area contributed by atoms with Crippen molar-refractivity contribution in [3.63, 3.8) is 0 Å². The van der Waals surface area contributed by atoms with E-state index in [1.165, 1.54) is 32.7 Å². The quantitative estimate of drug-likeness (QED) is 0.292. The molecule has 0 spiro atoms. The predicted molar refractivity (Wildman–Crippen MR) is 133 cm³/mol. The van der Waals surface area contributed by atoms with E-state index in [0.717, 1.165) is 6.42 Å². The molecule has 0 amide bonds. The Bertz CT molecular complexity index is 994. The number of fused-ring (bicyclic) bond motifs is 3. The second-order valence-electron chi connectivity index (χ2n) is 10.3. The van der Waals surface area contributed by atoms with Crippen LogP contribution in [0.3, 0.4) is 0 Å². The molecule has 0 saturated heterocycles. The first-order valence-corrected chi connectivity index (χ1v) is 17.0. The predicted octanol–water partition coefficient (Wildman–Crippen LogP) is 2.40. The number of hydrogen-bond donors (Lipinski definition) is 0. The zero-order chi connectivity index (χ0) is 22.5. The van der Waals surface area contributed by atoms with E-state index < -0.39 is 0 Å². The summed E-state index contributed by atoms with van der Waals surface area (Å²) in [7, 11) is 0. The first kappa shape index (κ1) is 31.5. The minimum Gasteiger partial charge on any atom is -1.00 e. The number of hydrogen-bond acceptors (Lipinski definition) is 0. The number of allylic oxidation sites excluding steroid dienone is 4. The van der Waals surface area contributed by atoms with Crippen molar-refractivity contribution in [1.82, 2.24) is 0 Å². The minimum atomic E-state index is 0. The summed E-state index contributed by atoms with van der Waals surface area (Å²) in [5.74, 6) is 0. The first-order chi connectivity index (χ1) is 13.9. The average molecular weight is 563 g/mol. The second-order valence-corrected chi connectivity index (χ2v) is 19.6. The first-order valence-electron chi connectivity index (χ1n) is 10.8. The Morgan fingerprint density at radius 3 is 1.47 bits per heavy atom. The van der Waals surface area contributed by atoms with Crippen LogP contribution in [0.5, 0.6) is 0 Å². The maximum Gasteiger partial charge on any atom is -0.109 e. The van der Waals surface area contributed by atoms with E-state index in [1.807, 2.05) is 12.2 Å². The molecule has 0 radical (unpaired) electrons. The van der Waals surface area contributed by atoms with Crippen molar-refractivity contribution in [3.8, 4) is 0 Å². The van der Waals surface area contributed by atoms with Crippen LogP contribution >= 0.6 is 0 Å². The summed E-state index contributed by atoms with van der Waals surface area (Å²) in [4.78, 5) is 0. The van der Waals surface area contributed by atoms with Gasteiger partial charge < -0.3 is 24.8 Å². The van der Waals surface area contributed by atoms with Crippen LogP contribution in [0.1, 0.15) is 59.1 Å². The second kappa shape index (κ2) is 13.4. The van der Waals surface area contributed by atoms with Crippen molar-refractivity contribution in [2.24, 2.45) is 0 Å². The van der Waals surface area contributed by atoms with Gasteiger partial charge in [0.15, 0.2) is 0 Å². The van der Waals surface area contributed by atoms with E-state index >= 15 is 0 Å². The van der Waals surface area contributed by atoms with Crippen molar-refractivity contribution in [2.45, 2.75) is 71.9 Å². The van der Waals surface area contributed by atoms with Gasteiger partial charge in [0.05, 0.1) is 0 Å². The zero-order valence-electron chi connectivity index (χ0n) is 20.7. The Morgan fingerprint density at radius 2 is 1.22 bits per heavy atom. The fourth-order valence-corrected chi connectivity index (χ4v) is 3.27. The minimum absolute atomic E-state index is 0. The summed E-state index contributed by atoms with van der Waals surface area (Å²) in [6, 6.07) is 16.1. The third-order valence-electron chi connectivity index (χ3n) is 5.03. The Balaban J connectivity index is 0.000000739. The van der Waals surface area contributed by atoms with Crippen molar-refractivity contribution < 1.29 is 48.1 Å². The molecule has 0 nitrogen and oxygen atoms in total. The molecule has 0 bridgehead atoms. The van der Waals surface area contributed by atoms with Gasteiger partial charge in [-0.3, -0.25) is 6.08 Å². The molecule has 32 heavy (non-hydrogen) atoms. The maximum atomic E-state index is 2.99. The van der Waals surface area contributed by atoms with Crippen LogP contribution in [0.2, 0.25) is 13.1 Å². The van der Waals surface area contributed by atoms with Gasteiger partial charge in [-0.1, -0.05) is 76.9 Å². The van der Waals surface area contributed by atoms with Crippen molar-refractivity contribution in [2.75, 3.05) is 0 Å². The van der Waals surface area contributed by atoms with Crippen LogP contribution in [0.4, 0.5) is 0 Å². The van der Waals surface area contributed by atoms with Crippen LogP contribution in [0, 0.1) is 6.08 Å². The van der Waals surface area contributed by atoms with Gasteiger partial charge in [-0.25, -0.2) is 12.2 Å². The van der Waals surface area contributed by atoms with Gasteiger partial charge in [-0.2, -0.15) is 6.08 Å². The van der Waals surface area contributed by atoms with Crippen LogP contribution in [-0.4, -0.2) is 5.43 Å². The third-order valence-corrected chi connectivity index (χ3v) is 5.03. The fourth-order valence-electron chi connectivity index (χ4n) is 3.27. The molecule has 1 aliphatic carbocycles. The van der Waals surface area contributed by atoms with E-state index in [0.29, 0.717) is 0 Å².